The second-order valence-corrected chi connectivity index (χ2v) is 12.8. The van der Waals surface area contributed by atoms with E-state index in [2.05, 4.69) is 34.6 Å². The molecule has 1 saturated heterocycles. The first-order valence-corrected chi connectivity index (χ1v) is 13.0. The Balaban J connectivity index is 1.35. The summed E-state index contributed by atoms with van der Waals surface area (Å²) in [5, 5.41) is 0. The van der Waals surface area contributed by atoms with Crippen molar-refractivity contribution in [2.45, 2.75) is 117 Å². The van der Waals surface area contributed by atoms with Crippen molar-refractivity contribution in [1.82, 2.24) is 0 Å². The third kappa shape index (κ3) is 2.80. The average molecular weight is 387 g/mol. The number of hydrogen-bond acceptors (Lipinski definition) is 1. The van der Waals surface area contributed by atoms with E-state index in [0.717, 1.165) is 41.4 Å². The van der Waals surface area contributed by atoms with Gasteiger partial charge < -0.3 is 4.74 Å². The summed E-state index contributed by atoms with van der Waals surface area (Å²) < 4.78 is 6.82. The van der Waals surface area contributed by atoms with Crippen LogP contribution in [0, 0.1) is 52.3 Å². The van der Waals surface area contributed by atoms with E-state index in [4.69, 9.17) is 4.74 Å². The van der Waals surface area contributed by atoms with E-state index in [0.29, 0.717) is 23.0 Å². The van der Waals surface area contributed by atoms with Crippen LogP contribution >= 0.6 is 0 Å². The summed E-state index contributed by atoms with van der Waals surface area (Å²) in [6.07, 6.45) is 17.3. The highest BCUT2D eigenvalue weighted by Gasteiger charge is 2.65. The molecule has 0 spiro atoms. The van der Waals surface area contributed by atoms with Crippen LogP contribution in [0.4, 0.5) is 0 Å². The first-order chi connectivity index (χ1) is 13.3. The molecule has 28 heavy (non-hydrogen) atoms. The molecule has 1 heteroatoms. The van der Waals surface area contributed by atoms with E-state index in [1.54, 1.807) is 0 Å². The van der Waals surface area contributed by atoms with Crippen LogP contribution in [0.3, 0.4) is 0 Å². The van der Waals surface area contributed by atoms with Crippen molar-refractivity contribution in [1.29, 1.82) is 0 Å². The van der Waals surface area contributed by atoms with Crippen LogP contribution in [0.25, 0.3) is 0 Å². The predicted octanol–water partition coefficient (Wildman–Crippen LogP) is 7.49. The zero-order valence-electron chi connectivity index (χ0n) is 19.4. The van der Waals surface area contributed by atoms with Gasteiger partial charge in [0.2, 0.25) is 0 Å². The summed E-state index contributed by atoms with van der Waals surface area (Å²) in [6.45, 7) is 12.7. The fourth-order valence-corrected chi connectivity index (χ4v) is 9.81. The van der Waals surface area contributed by atoms with Gasteiger partial charge in [-0.3, -0.25) is 0 Å². The van der Waals surface area contributed by atoms with E-state index in [9.17, 15) is 0 Å². The predicted molar refractivity (Wildman–Crippen MR) is 117 cm³/mol. The maximum absolute atomic E-state index is 6.82. The second-order valence-electron chi connectivity index (χ2n) is 12.8. The molecule has 5 aliphatic rings. The van der Waals surface area contributed by atoms with Gasteiger partial charge in [0.1, 0.15) is 0 Å². The van der Waals surface area contributed by atoms with Crippen LogP contribution in [0.1, 0.15) is 105 Å². The average Bonchev–Trinajstić information content (AvgIpc) is 3.13. The molecule has 0 N–H and O–H groups in total. The lowest BCUT2D eigenvalue weighted by atomic mass is 9.44. The Bertz CT molecular complexity index is 583. The van der Waals surface area contributed by atoms with E-state index in [1.165, 1.54) is 70.6 Å². The molecule has 160 valence electrons. The lowest BCUT2D eigenvalue weighted by Crippen LogP contribution is -2.53. The van der Waals surface area contributed by atoms with Crippen molar-refractivity contribution in [3.63, 3.8) is 0 Å². The molecule has 0 radical (unpaired) electrons. The van der Waals surface area contributed by atoms with Gasteiger partial charge in [0.05, 0.1) is 12.2 Å². The SMILES string of the molecule is CC(C)CCC1O[C@H]2C[C@H]3[C@@H]4CCC5CCCC[C@]5(C)[C@H]4CC[C@]3(C)[C@H]2[C@@H]1C. The van der Waals surface area contributed by atoms with Gasteiger partial charge in [0.15, 0.2) is 0 Å². The minimum Gasteiger partial charge on any atom is -0.374 e. The number of rotatable bonds is 3. The van der Waals surface area contributed by atoms with Gasteiger partial charge in [-0.05, 0) is 110 Å². The Hall–Kier alpha value is -0.0400. The molecule has 0 amide bonds. The molecule has 0 bridgehead atoms. The fraction of sp³-hybridized carbons (Fsp3) is 1.00. The second kappa shape index (κ2) is 7.00. The van der Waals surface area contributed by atoms with Crippen molar-refractivity contribution in [2.24, 2.45) is 52.3 Å². The van der Waals surface area contributed by atoms with Gasteiger partial charge in [-0.15, -0.1) is 0 Å². The van der Waals surface area contributed by atoms with Crippen LogP contribution in [-0.4, -0.2) is 12.2 Å². The smallest absolute Gasteiger partial charge is 0.0618 e. The molecule has 0 aromatic rings. The Morgan fingerprint density at radius 1 is 0.929 bits per heavy atom. The maximum atomic E-state index is 6.82. The monoisotopic (exact) mass is 386 g/mol. The Labute approximate surface area is 174 Å². The maximum Gasteiger partial charge on any atom is 0.0618 e. The minimum absolute atomic E-state index is 0.541. The van der Waals surface area contributed by atoms with E-state index in [-0.39, 0.29) is 0 Å². The number of ether oxygens (including phenoxy) is 1. The molecular formula is C27H46O. The molecule has 4 aliphatic carbocycles. The molecule has 5 fully saturated rings. The van der Waals surface area contributed by atoms with Crippen LogP contribution in [0.2, 0.25) is 0 Å². The lowest BCUT2D eigenvalue weighted by molar-refractivity contribution is -0.115. The topological polar surface area (TPSA) is 9.23 Å². The number of fused-ring (bicyclic) bond motifs is 7. The third-order valence-corrected chi connectivity index (χ3v) is 11.2. The molecule has 10 atom stereocenters. The summed E-state index contributed by atoms with van der Waals surface area (Å²) in [5.74, 6) is 6.45. The highest BCUT2D eigenvalue weighted by atomic mass is 16.5. The summed E-state index contributed by atoms with van der Waals surface area (Å²) in [6, 6.07) is 0. The van der Waals surface area contributed by atoms with Gasteiger partial charge in [-0.2, -0.15) is 0 Å². The number of hydrogen-bond donors (Lipinski definition) is 0. The van der Waals surface area contributed by atoms with Crippen molar-refractivity contribution in [3.8, 4) is 0 Å². The van der Waals surface area contributed by atoms with Crippen molar-refractivity contribution >= 4 is 0 Å². The van der Waals surface area contributed by atoms with Gasteiger partial charge in [0.25, 0.3) is 0 Å². The van der Waals surface area contributed by atoms with E-state index < -0.39 is 0 Å². The Morgan fingerprint density at radius 2 is 1.75 bits per heavy atom. The molecule has 5 rings (SSSR count). The molecule has 1 heterocycles. The van der Waals surface area contributed by atoms with Gasteiger partial charge in [0, 0.05) is 0 Å². The molecule has 0 aromatic heterocycles. The third-order valence-electron chi connectivity index (χ3n) is 11.2. The molecule has 0 aromatic carbocycles. The van der Waals surface area contributed by atoms with Crippen molar-refractivity contribution in [2.75, 3.05) is 0 Å². The van der Waals surface area contributed by atoms with E-state index >= 15 is 0 Å². The van der Waals surface area contributed by atoms with Crippen molar-refractivity contribution < 1.29 is 4.74 Å². The normalized spacial score (nSPS) is 55.5. The first kappa shape index (κ1) is 19.9. The molecular weight excluding hydrogens is 340 g/mol. The van der Waals surface area contributed by atoms with Gasteiger partial charge in [-0.25, -0.2) is 0 Å². The Kier molecular flexibility index (Phi) is 4.97. The van der Waals surface area contributed by atoms with E-state index in [1.807, 2.05) is 0 Å². The Morgan fingerprint density at radius 3 is 2.54 bits per heavy atom. The quantitative estimate of drug-likeness (QED) is 0.488. The highest BCUT2D eigenvalue weighted by molar-refractivity contribution is 5.13. The van der Waals surface area contributed by atoms with Gasteiger partial charge >= 0.3 is 0 Å². The zero-order valence-corrected chi connectivity index (χ0v) is 19.4. The molecule has 4 saturated carbocycles. The van der Waals surface area contributed by atoms with Crippen LogP contribution in [0.15, 0.2) is 0 Å². The highest BCUT2D eigenvalue weighted by Crippen LogP contribution is 2.70. The summed E-state index contributed by atoms with van der Waals surface area (Å²) >= 11 is 0. The summed E-state index contributed by atoms with van der Waals surface area (Å²) in [7, 11) is 0. The minimum atomic E-state index is 0.541. The first-order valence-electron chi connectivity index (χ1n) is 13.0. The summed E-state index contributed by atoms with van der Waals surface area (Å²) in [5.41, 5.74) is 1.24. The fourth-order valence-electron chi connectivity index (χ4n) is 9.81. The molecule has 1 aliphatic heterocycles. The largest absolute Gasteiger partial charge is 0.374 e. The van der Waals surface area contributed by atoms with Crippen LogP contribution in [-0.2, 0) is 4.74 Å². The van der Waals surface area contributed by atoms with Crippen molar-refractivity contribution in [3.05, 3.63) is 0 Å². The molecule has 2 unspecified atom stereocenters. The summed E-state index contributed by atoms with van der Waals surface area (Å²) in [4.78, 5) is 0. The standard InChI is InChI=1S/C27H46O/c1-17(2)9-12-23-18(3)25-24(28-23)16-22-20-11-10-19-8-6-7-14-26(19,4)21(20)13-15-27(22,25)5/h17-25H,6-16H2,1-5H3/t18-,19?,20-,21+,22+,23?,24+,25+,26+,27+/m1/s1. The lowest BCUT2D eigenvalue weighted by Gasteiger charge is -2.60. The zero-order chi connectivity index (χ0) is 19.7. The van der Waals surface area contributed by atoms with Crippen LogP contribution < -0.4 is 0 Å². The molecule has 1 nitrogen and oxygen atoms in total. The van der Waals surface area contributed by atoms with Crippen LogP contribution in [0.5, 0.6) is 0 Å². The van der Waals surface area contributed by atoms with Gasteiger partial charge in [-0.1, -0.05) is 47.5 Å².